The quantitative estimate of drug-likeness (QED) is 0.856. The number of nitrogens with one attached hydrogen (secondary N) is 1. The summed E-state index contributed by atoms with van der Waals surface area (Å²) >= 11 is 6.32. The van der Waals surface area contributed by atoms with Gasteiger partial charge in [0.25, 0.3) is 5.91 Å². The van der Waals surface area contributed by atoms with Gasteiger partial charge < -0.3 is 19.7 Å². The minimum absolute atomic E-state index is 0. The highest BCUT2D eigenvalue weighted by Crippen LogP contribution is 2.37. The van der Waals surface area contributed by atoms with E-state index in [0.29, 0.717) is 53.7 Å². The summed E-state index contributed by atoms with van der Waals surface area (Å²) in [5.41, 5.74) is 0.526. The zero-order chi connectivity index (χ0) is 17.0. The molecule has 1 atom stereocenters. The van der Waals surface area contributed by atoms with Crippen molar-refractivity contribution in [1.82, 2.24) is 10.2 Å². The Morgan fingerprint density at radius 1 is 1.46 bits per heavy atom. The molecule has 0 spiro atoms. The first-order chi connectivity index (χ1) is 10.9. The Kier molecular flexibility index (Phi) is 8.13. The van der Waals surface area contributed by atoms with Gasteiger partial charge in [0.15, 0.2) is 11.5 Å². The lowest BCUT2D eigenvalue weighted by atomic mass is 10.1. The molecule has 1 aromatic carbocycles. The first-order valence-corrected chi connectivity index (χ1v) is 8.33. The molecule has 0 aromatic heterocycles. The van der Waals surface area contributed by atoms with Crippen LogP contribution in [0.15, 0.2) is 12.1 Å². The van der Waals surface area contributed by atoms with E-state index in [2.05, 4.69) is 26.1 Å². The van der Waals surface area contributed by atoms with Crippen LogP contribution >= 0.6 is 24.0 Å². The van der Waals surface area contributed by atoms with E-state index in [1.807, 2.05) is 4.90 Å². The van der Waals surface area contributed by atoms with E-state index in [1.54, 1.807) is 19.2 Å². The predicted octanol–water partition coefficient (Wildman–Crippen LogP) is 3.24. The summed E-state index contributed by atoms with van der Waals surface area (Å²) in [4.78, 5) is 14.5. The zero-order valence-corrected chi connectivity index (χ0v) is 16.2. The molecule has 1 unspecified atom stereocenters. The van der Waals surface area contributed by atoms with E-state index >= 15 is 0 Å². The van der Waals surface area contributed by atoms with Crippen LogP contribution in [0.5, 0.6) is 11.5 Å². The number of carbonyl (C=O) groups excluding carboxylic acids is 1. The van der Waals surface area contributed by atoms with Gasteiger partial charge in [0.1, 0.15) is 0 Å². The van der Waals surface area contributed by atoms with E-state index in [0.717, 1.165) is 6.54 Å². The van der Waals surface area contributed by atoms with E-state index < -0.39 is 0 Å². The molecule has 0 bridgehead atoms. The van der Waals surface area contributed by atoms with Gasteiger partial charge in [0, 0.05) is 31.2 Å². The molecule has 1 aromatic rings. The normalized spacial score (nSPS) is 17.4. The first kappa shape index (κ1) is 20.9. The summed E-state index contributed by atoms with van der Waals surface area (Å²) in [6.07, 6.45) is 0. The van der Waals surface area contributed by atoms with Crippen LogP contribution in [0.4, 0.5) is 0 Å². The van der Waals surface area contributed by atoms with Crippen LogP contribution in [0.2, 0.25) is 5.02 Å². The van der Waals surface area contributed by atoms with Gasteiger partial charge in [-0.2, -0.15) is 0 Å². The van der Waals surface area contributed by atoms with Gasteiger partial charge >= 0.3 is 0 Å². The molecule has 1 aliphatic heterocycles. The summed E-state index contributed by atoms with van der Waals surface area (Å²) in [6, 6.07) is 3.66. The van der Waals surface area contributed by atoms with E-state index in [1.165, 1.54) is 0 Å². The highest BCUT2D eigenvalue weighted by Gasteiger charge is 2.24. The van der Waals surface area contributed by atoms with Crippen molar-refractivity contribution in [3.05, 3.63) is 22.7 Å². The van der Waals surface area contributed by atoms with Crippen LogP contribution < -0.4 is 14.8 Å². The zero-order valence-electron chi connectivity index (χ0n) is 14.6. The number of ether oxygens (including phenoxy) is 2. The summed E-state index contributed by atoms with van der Waals surface area (Å²) in [6.45, 7) is 8.90. The highest BCUT2D eigenvalue weighted by atomic mass is 35.5. The van der Waals surface area contributed by atoms with Crippen molar-refractivity contribution >= 4 is 29.9 Å². The predicted molar refractivity (Wildman–Crippen MR) is 99.0 cm³/mol. The second-order valence-electron chi connectivity index (χ2n) is 6.30. The molecule has 1 aliphatic rings. The third-order valence-electron chi connectivity index (χ3n) is 3.69. The van der Waals surface area contributed by atoms with Crippen molar-refractivity contribution in [3.8, 4) is 11.5 Å². The van der Waals surface area contributed by atoms with Gasteiger partial charge in [-0.15, -0.1) is 12.4 Å². The molecular formula is C17H26Cl2N2O3. The van der Waals surface area contributed by atoms with Gasteiger partial charge in [0.2, 0.25) is 0 Å². The fraction of sp³-hybridized carbons (Fsp3) is 0.588. The second-order valence-corrected chi connectivity index (χ2v) is 6.71. The third-order valence-corrected chi connectivity index (χ3v) is 3.97. The maximum atomic E-state index is 12.7. The Bertz CT molecular complexity index is 567. The van der Waals surface area contributed by atoms with Crippen LogP contribution in [0.1, 0.15) is 31.1 Å². The Balaban J connectivity index is 0.00000288. The number of piperazine rings is 1. The number of rotatable bonds is 5. The van der Waals surface area contributed by atoms with Gasteiger partial charge in [-0.05, 0) is 25.0 Å². The van der Waals surface area contributed by atoms with Crippen molar-refractivity contribution in [2.45, 2.75) is 26.8 Å². The van der Waals surface area contributed by atoms with Crippen LogP contribution in [-0.2, 0) is 0 Å². The van der Waals surface area contributed by atoms with Crippen LogP contribution in [0.3, 0.4) is 0 Å². The largest absolute Gasteiger partial charge is 0.493 e. The number of nitrogens with zero attached hydrogens (tertiary/aromatic N) is 1. The van der Waals surface area contributed by atoms with Crippen molar-refractivity contribution < 1.29 is 14.3 Å². The molecule has 5 nitrogen and oxygen atoms in total. The third kappa shape index (κ3) is 5.16. The van der Waals surface area contributed by atoms with Crippen molar-refractivity contribution in [3.63, 3.8) is 0 Å². The molecule has 1 fully saturated rings. The number of carbonyl (C=O) groups is 1. The fourth-order valence-corrected chi connectivity index (χ4v) is 2.80. The molecule has 0 aliphatic carbocycles. The summed E-state index contributed by atoms with van der Waals surface area (Å²) in [5, 5.41) is 3.72. The van der Waals surface area contributed by atoms with Crippen LogP contribution in [0.25, 0.3) is 0 Å². The minimum Gasteiger partial charge on any atom is -0.493 e. The molecular weight excluding hydrogens is 351 g/mol. The lowest BCUT2D eigenvalue weighted by Gasteiger charge is -2.32. The summed E-state index contributed by atoms with van der Waals surface area (Å²) in [5.74, 6) is 1.33. The SMILES string of the molecule is COc1cc(C(=O)N2CCNC(C)C2)cc(Cl)c1OCC(C)C.Cl. The molecule has 2 rings (SSSR count). The monoisotopic (exact) mass is 376 g/mol. The van der Waals surface area contributed by atoms with Gasteiger partial charge in [-0.25, -0.2) is 0 Å². The van der Waals surface area contributed by atoms with Gasteiger partial charge in [-0.1, -0.05) is 25.4 Å². The number of benzene rings is 1. The maximum Gasteiger partial charge on any atom is 0.254 e. The average Bonchev–Trinajstić information content (AvgIpc) is 2.52. The topological polar surface area (TPSA) is 50.8 Å². The Labute approximate surface area is 155 Å². The molecule has 1 saturated heterocycles. The smallest absolute Gasteiger partial charge is 0.254 e. The van der Waals surface area contributed by atoms with Crippen LogP contribution in [-0.4, -0.2) is 50.2 Å². The lowest BCUT2D eigenvalue weighted by molar-refractivity contribution is 0.0708. The lowest BCUT2D eigenvalue weighted by Crippen LogP contribution is -2.51. The van der Waals surface area contributed by atoms with E-state index in [4.69, 9.17) is 21.1 Å². The van der Waals surface area contributed by atoms with Crippen LogP contribution in [0, 0.1) is 5.92 Å². The molecule has 7 heteroatoms. The van der Waals surface area contributed by atoms with E-state index in [-0.39, 0.29) is 18.3 Å². The number of amides is 1. The Morgan fingerprint density at radius 2 is 2.17 bits per heavy atom. The average molecular weight is 377 g/mol. The van der Waals surface area contributed by atoms with E-state index in [9.17, 15) is 4.79 Å². The molecule has 1 N–H and O–H groups in total. The summed E-state index contributed by atoms with van der Waals surface area (Å²) < 4.78 is 11.1. The Morgan fingerprint density at radius 3 is 2.75 bits per heavy atom. The number of methoxy groups -OCH3 is 1. The number of halogens is 2. The van der Waals surface area contributed by atoms with Gasteiger partial charge in [0.05, 0.1) is 18.7 Å². The highest BCUT2D eigenvalue weighted by molar-refractivity contribution is 6.32. The minimum atomic E-state index is -0.0334. The van der Waals surface area contributed by atoms with Gasteiger partial charge in [-0.3, -0.25) is 4.79 Å². The molecule has 24 heavy (non-hydrogen) atoms. The molecule has 1 heterocycles. The Hall–Kier alpha value is -1.17. The molecule has 1 amide bonds. The molecule has 0 radical (unpaired) electrons. The molecule has 0 saturated carbocycles. The maximum absolute atomic E-state index is 12.7. The van der Waals surface area contributed by atoms with Crippen molar-refractivity contribution in [1.29, 1.82) is 0 Å². The standard InChI is InChI=1S/C17H25ClN2O3.ClH/c1-11(2)10-23-16-14(18)7-13(8-15(16)22-4)17(21)20-6-5-19-12(3)9-20;/h7-8,11-12,19H,5-6,9-10H2,1-4H3;1H. The van der Waals surface area contributed by atoms with Crippen molar-refractivity contribution in [2.24, 2.45) is 5.92 Å². The first-order valence-electron chi connectivity index (χ1n) is 7.95. The van der Waals surface area contributed by atoms with Crippen molar-refractivity contribution in [2.75, 3.05) is 33.4 Å². The second kappa shape index (κ2) is 9.35. The number of hydrogen-bond acceptors (Lipinski definition) is 4. The summed E-state index contributed by atoms with van der Waals surface area (Å²) in [7, 11) is 1.55. The molecule has 136 valence electrons. The number of hydrogen-bond donors (Lipinski definition) is 1. The fourth-order valence-electron chi connectivity index (χ4n) is 2.53.